The molecule has 1 aromatic carbocycles. The zero-order valence-corrected chi connectivity index (χ0v) is 13.0. The van der Waals surface area contributed by atoms with Gasteiger partial charge in [0.15, 0.2) is 0 Å². The van der Waals surface area contributed by atoms with Crippen LogP contribution in [0.3, 0.4) is 0 Å². The molecule has 1 aromatic heterocycles. The summed E-state index contributed by atoms with van der Waals surface area (Å²) in [5.74, 6) is -0.163. The maximum Gasteiger partial charge on any atom is 0.263 e. The van der Waals surface area contributed by atoms with Gasteiger partial charge in [-0.15, -0.1) is 11.3 Å². The van der Waals surface area contributed by atoms with Crippen molar-refractivity contribution in [3.63, 3.8) is 0 Å². The lowest BCUT2D eigenvalue weighted by molar-refractivity contribution is 0.0899. The van der Waals surface area contributed by atoms with E-state index >= 15 is 0 Å². The lowest BCUT2D eigenvalue weighted by Gasteiger charge is -2.15. The third-order valence-corrected chi connectivity index (χ3v) is 4.51. The van der Waals surface area contributed by atoms with Crippen LogP contribution in [0.25, 0.3) is 10.1 Å². The molecule has 108 valence electrons. The van der Waals surface area contributed by atoms with Crippen LogP contribution in [0, 0.1) is 0 Å². The second-order valence-corrected chi connectivity index (χ2v) is 6.01. The Kier molecular flexibility index (Phi) is 4.86. The van der Waals surface area contributed by atoms with Crippen LogP contribution in [0.2, 0.25) is 5.02 Å². The number of carbonyl (C=O) groups is 1. The monoisotopic (exact) mass is 312 g/mol. The number of fused-ring (bicyclic) bond motifs is 1. The number of carbonyl (C=O) groups excluding carboxylic acids is 1. The Bertz CT molecular complexity index is 627. The second kappa shape index (κ2) is 6.43. The summed E-state index contributed by atoms with van der Waals surface area (Å²) >= 11 is 7.33. The number of halogens is 1. The number of amides is 1. The zero-order valence-electron chi connectivity index (χ0n) is 11.4. The molecular weight excluding hydrogens is 296 g/mol. The van der Waals surface area contributed by atoms with E-state index in [4.69, 9.17) is 22.1 Å². The van der Waals surface area contributed by atoms with Gasteiger partial charge in [-0.25, -0.2) is 0 Å². The molecule has 0 spiro atoms. The summed E-state index contributed by atoms with van der Waals surface area (Å²) in [5.41, 5.74) is 6.54. The van der Waals surface area contributed by atoms with Gasteiger partial charge in [-0.1, -0.05) is 18.5 Å². The lowest BCUT2D eigenvalue weighted by Crippen LogP contribution is -2.37. The summed E-state index contributed by atoms with van der Waals surface area (Å²) in [6.45, 7) is 2.48. The van der Waals surface area contributed by atoms with Crippen molar-refractivity contribution in [2.75, 3.05) is 19.5 Å². The van der Waals surface area contributed by atoms with Crippen molar-refractivity contribution in [3.05, 3.63) is 28.1 Å². The Morgan fingerprint density at radius 1 is 1.55 bits per heavy atom. The van der Waals surface area contributed by atoms with E-state index in [0.29, 0.717) is 22.2 Å². The van der Waals surface area contributed by atoms with Crippen molar-refractivity contribution >= 4 is 44.6 Å². The van der Waals surface area contributed by atoms with Crippen molar-refractivity contribution in [3.8, 4) is 0 Å². The van der Waals surface area contributed by atoms with Crippen LogP contribution >= 0.6 is 22.9 Å². The quantitative estimate of drug-likeness (QED) is 0.890. The minimum atomic E-state index is -0.163. The topological polar surface area (TPSA) is 64.3 Å². The number of benzene rings is 1. The summed E-state index contributed by atoms with van der Waals surface area (Å²) in [6, 6.07) is 5.44. The molecular formula is C14H17ClN2O2S. The van der Waals surface area contributed by atoms with Gasteiger partial charge in [0, 0.05) is 22.2 Å². The minimum absolute atomic E-state index is 0.0132. The van der Waals surface area contributed by atoms with Crippen LogP contribution < -0.4 is 11.1 Å². The van der Waals surface area contributed by atoms with E-state index in [9.17, 15) is 4.79 Å². The summed E-state index contributed by atoms with van der Waals surface area (Å²) in [6.07, 6.45) is 0.802. The number of nitrogens with one attached hydrogen (secondary N) is 1. The standard InChI is InChI=1S/C14H17ClN2O2S/c1-3-9(7-19-2)17-14(18)13-12(16)10-6-8(15)4-5-11(10)20-13/h4-6,9H,3,7,16H2,1-2H3,(H,17,18). The maximum atomic E-state index is 12.3. The zero-order chi connectivity index (χ0) is 14.7. The molecule has 2 aromatic rings. The molecule has 1 unspecified atom stereocenters. The molecule has 1 heterocycles. The van der Waals surface area contributed by atoms with E-state index in [2.05, 4.69) is 5.32 Å². The number of ether oxygens (including phenoxy) is 1. The van der Waals surface area contributed by atoms with Crippen molar-refractivity contribution in [1.82, 2.24) is 5.32 Å². The molecule has 0 aliphatic carbocycles. The first-order valence-corrected chi connectivity index (χ1v) is 7.53. The molecule has 0 aliphatic rings. The van der Waals surface area contributed by atoms with Crippen LogP contribution in [0.1, 0.15) is 23.0 Å². The normalized spacial score (nSPS) is 12.6. The number of nitrogen functional groups attached to an aromatic ring is 1. The van der Waals surface area contributed by atoms with Gasteiger partial charge in [0.25, 0.3) is 5.91 Å². The Balaban J connectivity index is 2.28. The number of thiophene rings is 1. The number of rotatable bonds is 5. The summed E-state index contributed by atoms with van der Waals surface area (Å²) in [4.78, 5) is 12.8. The fraction of sp³-hybridized carbons (Fsp3) is 0.357. The fourth-order valence-corrected chi connectivity index (χ4v) is 3.15. The number of hydrogen-bond donors (Lipinski definition) is 2. The molecule has 0 radical (unpaired) electrons. The van der Waals surface area contributed by atoms with Gasteiger partial charge in [0.05, 0.1) is 18.3 Å². The van der Waals surface area contributed by atoms with Gasteiger partial charge in [-0.3, -0.25) is 4.79 Å². The van der Waals surface area contributed by atoms with Crippen molar-refractivity contribution < 1.29 is 9.53 Å². The van der Waals surface area contributed by atoms with Crippen LogP contribution in [0.5, 0.6) is 0 Å². The Morgan fingerprint density at radius 2 is 2.30 bits per heavy atom. The molecule has 0 saturated heterocycles. The number of nitrogens with two attached hydrogens (primary N) is 1. The second-order valence-electron chi connectivity index (χ2n) is 4.52. The highest BCUT2D eigenvalue weighted by Crippen LogP contribution is 2.35. The molecule has 0 fully saturated rings. The molecule has 3 N–H and O–H groups in total. The molecule has 2 rings (SSSR count). The first kappa shape index (κ1) is 15.1. The third-order valence-electron chi connectivity index (χ3n) is 3.09. The summed E-state index contributed by atoms with van der Waals surface area (Å²) < 4.78 is 6.03. The van der Waals surface area contributed by atoms with Gasteiger partial charge in [0.2, 0.25) is 0 Å². The average Bonchev–Trinajstić information content (AvgIpc) is 2.75. The first-order valence-electron chi connectivity index (χ1n) is 6.34. The number of anilines is 1. The van der Waals surface area contributed by atoms with E-state index in [1.54, 1.807) is 19.2 Å². The Labute approximate surface area is 126 Å². The summed E-state index contributed by atoms with van der Waals surface area (Å²) in [7, 11) is 1.62. The maximum absolute atomic E-state index is 12.3. The SMILES string of the molecule is CCC(COC)NC(=O)c1sc2ccc(Cl)cc2c1N. The predicted octanol–water partition coefficient (Wildman–Crippen LogP) is 3.29. The van der Waals surface area contributed by atoms with Crippen molar-refractivity contribution in [2.45, 2.75) is 19.4 Å². The van der Waals surface area contributed by atoms with E-state index in [0.717, 1.165) is 16.5 Å². The third kappa shape index (κ3) is 3.06. The molecule has 1 amide bonds. The molecule has 6 heteroatoms. The molecule has 4 nitrogen and oxygen atoms in total. The average molecular weight is 313 g/mol. The van der Waals surface area contributed by atoms with Gasteiger partial charge >= 0.3 is 0 Å². The molecule has 0 aliphatic heterocycles. The van der Waals surface area contributed by atoms with Gasteiger partial charge in [-0.2, -0.15) is 0 Å². The minimum Gasteiger partial charge on any atom is -0.397 e. The van der Waals surface area contributed by atoms with Crippen molar-refractivity contribution in [2.24, 2.45) is 0 Å². The van der Waals surface area contributed by atoms with Gasteiger partial charge in [0.1, 0.15) is 4.88 Å². The Morgan fingerprint density at radius 3 is 2.95 bits per heavy atom. The highest BCUT2D eigenvalue weighted by atomic mass is 35.5. The number of hydrogen-bond acceptors (Lipinski definition) is 4. The van der Waals surface area contributed by atoms with Crippen LogP contribution in [0.15, 0.2) is 18.2 Å². The van der Waals surface area contributed by atoms with Crippen LogP contribution in [-0.2, 0) is 4.74 Å². The predicted molar refractivity (Wildman–Crippen MR) is 84.7 cm³/mol. The first-order chi connectivity index (χ1) is 9.56. The molecule has 20 heavy (non-hydrogen) atoms. The highest BCUT2D eigenvalue weighted by Gasteiger charge is 2.19. The van der Waals surface area contributed by atoms with Gasteiger partial charge < -0.3 is 15.8 Å². The summed E-state index contributed by atoms with van der Waals surface area (Å²) in [5, 5.41) is 4.37. The molecule has 0 bridgehead atoms. The smallest absolute Gasteiger partial charge is 0.263 e. The molecule has 0 saturated carbocycles. The lowest BCUT2D eigenvalue weighted by atomic mass is 10.2. The van der Waals surface area contributed by atoms with E-state index < -0.39 is 0 Å². The Hall–Kier alpha value is -1.30. The van der Waals surface area contributed by atoms with E-state index in [-0.39, 0.29) is 11.9 Å². The van der Waals surface area contributed by atoms with Crippen LogP contribution in [-0.4, -0.2) is 25.7 Å². The number of methoxy groups -OCH3 is 1. The highest BCUT2D eigenvalue weighted by molar-refractivity contribution is 7.21. The van der Waals surface area contributed by atoms with Gasteiger partial charge in [-0.05, 0) is 24.6 Å². The molecule has 1 atom stereocenters. The largest absolute Gasteiger partial charge is 0.397 e. The van der Waals surface area contributed by atoms with E-state index in [1.807, 2.05) is 13.0 Å². The van der Waals surface area contributed by atoms with E-state index in [1.165, 1.54) is 11.3 Å². The van der Waals surface area contributed by atoms with Crippen LogP contribution in [0.4, 0.5) is 5.69 Å². The fourth-order valence-electron chi connectivity index (χ4n) is 1.97. The van der Waals surface area contributed by atoms with Crippen molar-refractivity contribution in [1.29, 1.82) is 0 Å².